The van der Waals surface area contributed by atoms with Crippen molar-refractivity contribution in [3.05, 3.63) is 82.7 Å². The van der Waals surface area contributed by atoms with Gasteiger partial charge in [-0.1, -0.05) is 30.3 Å². The van der Waals surface area contributed by atoms with E-state index in [1.807, 2.05) is 36.4 Å². The number of thiophene rings is 1. The molecule has 0 saturated carbocycles. The molecule has 0 radical (unpaired) electrons. The molecule has 1 aliphatic rings. The lowest BCUT2D eigenvalue weighted by atomic mass is 10.1. The largest absolute Gasteiger partial charge is 0.497 e. The minimum atomic E-state index is -3.43. The number of nitriles is 1. The van der Waals surface area contributed by atoms with Gasteiger partial charge >= 0.3 is 0 Å². The Hall–Kier alpha value is -2.74. The molecule has 1 aromatic heterocycles. The van der Waals surface area contributed by atoms with Gasteiger partial charge in [-0.25, -0.2) is 8.42 Å². The summed E-state index contributed by atoms with van der Waals surface area (Å²) in [4.78, 5) is 2.24. The molecule has 1 atom stereocenters. The molecule has 1 saturated heterocycles. The van der Waals surface area contributed by atoms with Gasteiger partial charge in [-0.2, -0.15) is 9.57 Å². The number of methoxy groups -OCH3 is 1. The highest BCUT2D eigenvalue weighted by Crippen LogP contribution is 2.26. The van der Waals surface area contributed by atoms with Crippen molar-refractivity contribution >= 4 is 21.4 Å². The predicted molar refractivity (Wildman–Crippen MR) is 131 cm³/mol. The van der Waals surface area contributed by atoms with E-state index < -0.39 is 10.0 Å². The number of piperazine rings is 1. The number of sulfonamides is 1. The summed E-state index contributed by atoms with van der Waals surface area (Å²) in [6.45, 7) is 3.19. The molecule has 0 bridgehead atoms. The Morgan fingerprint density at radius 2 is 1.82 bits per heavy atom. The molecule has 7 nitrogen and oxygen atoms in total. The molecular weight excluding hydrogens is 470 g/mol. The number of benzene rings is 2. The van der Waals surface area contributed by atoms with Gasteiger partial charge in [0.25, 0.3) is 10.0 Å². The summed E-state index contributed by atoms with van der Waals surface area (Å²) < 4.78 is 39.4. The number of nitrogens with zero attached hydrogens (tertiary/aromatic N) is 3. The van der Waals surface area contributed by atoms with E-state index in [2.05, 4.69) is 11.0 Å². The summed E-state index contributed by atoms with van der Waals surface area (Å²) in [6, 6.07) is 20.7. The Morgan fingerprint density at radius 1 is 1.06 bits per heavy atom. The first-order chi connectivity index (χ1) is 16.5. The van der Waals surface area contributed by atoms with Crippen LogP contribution >= 0.6 is 11.3 Å². The van der Waals surface area contributed by atoms with Crippen LogP contribution in [-0.4, -0.2) is 57.5 Å². The molecule has 1 fully saturated rings. The molecule has 2 aromatic carbocycles. The quantitative estimate of drug-likeness (QED) is 0.446. The van der Waals surface area contributed by atoms with Crippen LogP contribution in [0.2, 0.25) is 0 Å². The van der Waals surface area contributed by atoms with Crippen LogP contribution in [0.5, 0.6) is 5.75 Å². The van der Waals surface area contributed by atoms with Gasteiger partial charge in [0, 0.05) is 32.7 Å². The summed E-state index contributed by atoms with van der Waals surface area (Å²) in [5.41, 5.74) is 2.60. The normalized spacial score (nSPS) is 16.1. The molecular formula is C25H27N3O4S2. The number of hydrogen-bond acceptors (Lipinski definition) is 7. The molecule has 3 aromatic rings. The van der Waals surface area contributed by atoms with Crippen LogP contribution in [-0.2, 0) is 21.4 Å². The van der Waals surface area contributed by atoms with Gasteiger partial charge in [0.05, 0.1) is 31.5 Å². The second-order valence-electron chi connectivity index (χ2n) is 8.02. The third-order valence-corrected chi connectivity index (χ3v) is 9.12. The third-order valence-electron chi connectivity index (χ3n) is 5.84. The fourth-order valence-electron chi connectivity index (χ4n) is 3.89. The molecule has 0 aliphatic carbocycles. The number of hydrogen-bond donors (Lipinski definition) is 0. The van der Waals surface area contributed by atoms with Crippen LogP contribution in [0, 0.1) is 11.3 Å². The average Bonchev–Trinajstić information content (AvgIpc) is 3.43. The Balaban J connectivity index is 1.43. The summed E-state index contributed by atoms with van der Waals surface area (Å²) in [5.74, 6) is 0.760. The van der Waals surface area contributed by atoms with Crippen molar-refractivity contribution in [3.8, 4) is 11.8 Å². The maximum absolute atomic E-state index is 12.8. The van der Waals surface area contributed by atoms with E-state index >= 15 is 0 Å². The van der Waals surface area contributed by atoms with Gasteiger partial charge in [-0.15, -0.1) is 11.3 Å². The van der Waals surface area contributed by atoms with Gasteiger partial charge in [0.15, 0.2) is 0 Å². The fourth-order valence-corrected chi connectivity index (χ4v) is 6.46. The SMILES string of the molecule is COc1cccc(C(CN2CCN(S(=O)(=O)c3cccs3)CC2)OCc2ccc(C#N)cc2)c1. The second-order valence-corrected chi connectivity index (χ2v) is 11.1. The Bertz CT molecular complexity index is 1210. The van der Waals surface area contributed by atoms with Gasteiger partial charge in [-0.3, -0.25) is 4.90 Å². The van der Waals surface area contributed by atoms with Crippen LogP contribution < -0.4 is 4.74 Å². The van der Waals surface area contributed by atoms with Crippen molar-refractivity contribution in [2.45, 2.75) is 16.9 Å². The van der Waals surface area contributed by atoms with Gasteiger partial charge in [0.2, 0.25) is 0 Å². The van der Waals surface area contributed by atoms with Crippen molar-refractivity contribution < 1.29 is 17.9 Å². The zero-order chi connectivity index (χ0) is 24.0. The van der Waals surface area contributed by atoms with Crippen molar-refractivity contribution in [3.63, 3.8) is 0 Å². The number of rotatable bonds is 9. The molecule has 0 amide bonds. The van der Waals surface area contributed by atoms with E-state index in [9.17, 15) is 8.42 Å². The Kier molecular flexibility index (Phi) is 7.98. The summed E-state index contributed by atoms with van der Waals surface area (Å²) in [7, 11) is -1.79. The molecule has 2 heterocycles. The number of ether oxygens (including phenoxy) is 2. The summed E-state index contributed by atoms with van der Waals surface area (Å²) >= 11 is 1.25. The van der Waals surface area contributed by atoms with Crippen molar-refractivity contribution in [2.75, 3.05) is 39.8 Å². The average molecular weight is 498 g/mol. The maximum atomic E-state index is 12.8. The standard InChI is InChI=1S/C25H27N3O4S2/c1-31-23-5-2-4-22(16-23)24(32-19-21-9-7-20(17-26)8-10-21)18-27-11-13-28(14-12-27)34(29,30)25-6-3-15-33-25/h2-10,15-16,24H,11-14,18-19H2,1H3. The third kappa shape index (κ3) is 5.84. The van der Waals surface area contributed by atoms with E-state index in [1.165, 1.54) is 11.3 Å². The van der Waals surface area contributed by atoms with Gasteiger partial charge in [0.1, 0.15) is 9.96 Å². The maximum Gasteiger partial charge on any atom is 0.252 e. The van der Waals surface area contributed by atoms with Crippen LogP contribution in [0.1, 0.15) is 22.8 Å². The minimum absolute atomic E-state index is 0.216. The first-order valence-corrected chi connectivity index (χ1v) is 13.3. The molecule has 1 aliphatic heterocycles. The van der Waals surface area contributed by atoms with Gasteiger partial charge in [-0.05, 0) is 46.8 Å². The van der Waals surface area contributed by atoms with Crippen molar-refractivity contribution in [1.29, 1.82) is 5.26 Å². The predicted octanol–water partition coefficient (Wildman–Crippen LogP) is 3.89. The molecule has 34 heavy (non-hydrogen) atoms. The highest BCUT2D eigenvalue weighted by atomic mass is 32.2. The smallest absolute Gasteiger partial charge is 0.252 e. The molecule has 9 heteroatoms. The van der Waals surface area contributed by atoms with E-state index in [4.69, 9.17) is 14.7 Å². The topological polar surface area (TPSA) is 82.9 Å². The Labute approximate surface area is 204 Å². The van der Waals surface area contributed by atoms with Crippen LogP contribution in [0.15, 0.2) is 70.3 Å². The molecule has 1 unspecified atom stereocenters. The Morgan fingerprint density at radius 3 is 2.47 bits per heavy atom. The van der Waals surface area contributed by atoms with E-state index in [-0.39, 0.29) is 6.10 Å². The van der Waals surface area contributed by atoms with E-state index in [1.54, 1.807) is 41.1 Å². The highest BCUT2D eigenvalue weighted by molar-refractivity contribution is 7.91. The van der Waals surface area contributed by atoms with Crippen molar-refractivity contribution in [2.24, 2.45) is 0 Å². The minimum Gasteiger partial charge on any atom is -0.497 e. The van der Waals surface area contributed by atoms with E-state index in [0.29, 0.717) is 49.1 Å². The lowest BCUT2D eigenvalue weighted by molar-refractivity contribution is 0.00763. The lowest BCUT2D eigenvalue weighted by Gasteiger charge is -2.35. The van der Waals surface area contributed by atoms with Crippen molar-refractivity contribution in [1.82, 2.24) is 9.21 Å². The van der Waals surface area contributed by atoms with Crippen LogP contribution in [0.3, 0.4) is 0 Å². The second kappa shape index (κ2) is 11.1. The molecule has 4 rings (SSSR count). The zero-order valence-electron chi connectivity index (χ0n) is 19.0. The summed E-state index contributed by atoms with van der Waals surface area (Å²) in [5, 5.41) is 10.8. The fraction of sp³-hybridized carbons (Fsp3) is 0.320. The first kappa shape index (κ1) is 24.4. The molecule has 0 spiro atoms. The molecule has 178 valence electrons. The van der Waals surface area contributed by atoms with Gasteiger partial charge < -0.3 is 9.47 Å². The lowest BCUT2D eigenvalue weighted by Crippen LogP contribution is -2.49. The summed E-state index contributed by atoms with van der Waals surface area (Å²) in [6.07, 6.45) is -0.216. The van der Waals surface area contributed by atoms with E-state index in [0.717, 1.165) is 16.9 Å². The highest BCUT2D eigenvalue weighted by Gasteiger charge is 2.30. The van der Waals surface area contributed by atoms with Crippen LogP contribution in [0.25, 0.3) is 0 Å². The molecule has 0 N–H and O–H groups in total. The van der Waals surface area contributed by atoms with Crippen LogP contribution in [0.4, 0.5) is 0 Å². The zero-order valence-corrected chi connectivity index (χ0v) is 20.6. The monoisotopic (exact) mass is 497 g/mol. The first-order valence-electron chi connectivity index (χ1n) is 11.0.